The molecule has 1 aliphatic rings. The summed E-state index contributed by atoms with van der Waals surface area (Å²) in [6, 6.07) is 15.5. The largest absolute Gasteiger partial charge is 0.479 e. The number of amides is 2. The van der Waals surface area contributed by atoms with Crippen LogP contribution in [-0.4, -0.2) is 18.4 Å². The molecule has 1 aliphatic carbocycles. The first-order valence-corrected chi connectivity index (χ1v) is 7.98. The summed E-state index contributed by atoms with van der Waals surface area (Å²) in [6.45, 7) is -0.0227. The molecule has 0 aliphatic heterocycles. The van der Waals surface area contributed by atoms with E-state index < -0.39 is 0 Å². The predicted octanol–water partition coefficient (Wildman–Crippen LogP) is 3.19. The van der Waals surface area contributed by atoms with E-state index in [4.69, 9.17) is 10.00 Å². The number of hydrogen-bond acceptors (Lipinski definition) is 4. The van der Waals surface area contributed by atoms with Gasteiger partial charge in [0.05, 0.1) is 0 Å². The van der Waals surface area contributed by atoms with Gasteiger partial charge >= 0.3 is 0 Å². The van der Waals surface area contributed by atoms with Crippen LogP contribution in [0.4, 0.5) is 11.4 Å². The van der Waals surface area contributed by atoms with E-state index >= 15 is 0 Å². The van der Waals surface area contributed by atoms with Gasteiger partial charge in [-0.25, -0.2) is 0 Å². The highest BCUT2D eigenvalue weighted by Crippen LogP contribution is 2.30. The molecular formula is C19H17N3O3. The zero-order chi connectivity index (χ0) is 17.6. The van der Waals surface area contributed by atoms with Crippen molar-refractivity contribution >= 4 is 23.2 Å². The number of nitrogens with one attached hydrogen (secondary N) is 2. The van der Waals surface area contributed by atoms with Gasteiger partial charge in [0.15, 0.2) is 6.61 Å². The Balaban J connectivity index is 1.62. The summed E-state index contributed by atoms with van der Waals surface area (Å²) in [6.07, 6.45) is 1.86. The highest BCUT2D eigenvalue weighted by Gasteiger charge is 2.29. The zero-order valence-corrected chi connectivity index (χ0v) is 13.5. The summed E-state index contributed by atoms with van der Waals surface area (Å²) >= 11 is 0. The van der Waals surface area contributed by atoms with E-state index in [-0.39, 0.29) is 24.3 Å². The fourth-order valence-corrected chi connectivity index (χ4v) is 2.28. The van der Waals surface area contributed by atoms with Gasteiger partial charge in [0.2, 0.25) is 5.91 Å². The monoisotopic (exact) mass is 335 g/mol. The van der Waals surface area contributed by atoms with Gasteiger partial charge < -0.3 is 15.4 Å². The summed E-state index contributed by atoms with van der Waals surface area (Å²) in [5.41, 5.74) is 1.69. The molecule has 0 radical (unpaired) electrons. The van der Waals surface area contributed by atoms with E-state index in [1.165, 1.54) is 0 Å². The molecule has 0 saturated heterocycles. The maximum atomic E-state index is 12.4. The molecule has 2 aromatic carbocycles. The summed E-state index contributed by atoms with van der Waals surface area (Å²) in [5.74, 6) is 0.405. The minimum Gasteiger partial charge on any atom is -0.479 e. The third-order valence-corrected chi connectivity index (χ3v) is 3.76. The maximum absolute atomic E-state index is 12.4. The SMILES string of the molecule is N#CCOc1ccc(NC(=O)c2cccc(NC(=O)C3CC3)c2)cc1. The zero-order valence-electron chi connectivity index (χ0n) is 13.5. The van der Waals surface area contributed by atoms with Crippen LogP contribution in [0.25, 0.3) is 0 Å². The smallest absolute Gasteiger partial charge is 0.255 e. The molecule has 2 amide bonds. The molecule has 0 heterocycles. The van der Waals surface area contributed by atoms with Crippen LogP contribution in [0, 0.1) is 17.2 Å². The lowest BCUT2D eigenvalue weighted by Crippen LogP contribution is -2.15. The van der Waals surface area contributed by atoms with Gasteiger partial charge in [-0.15, -0.1) is 0 Å². The molecule has 1 fully saturated rings. The van der Waals surface area contributed by atoms with Crippen molar-refractivity contribution in [1.82, 2.24) is 0 Å². The van der Waals surface area contributed by atoms with Gasteiger partial charge in [-0.2, -0.15) is 5.26 Å². The molecule has 3 rings (SSSR count). The molecule has 0 aromatic heterocycles. The molecule has 25 heavy (non-hydrogen) atoms. The molecular weight excluding hydrogens is 318 g/mol. The average molecular weight is 335 g/mol. The first-order valence-electron chi connectivity index (χ1n) is 7.98. The number of carbonyl (C=O) groups is 2. The topological polar surface area (TPSA) is 91.2 Å². The molecule has 0 unspecified atom stereocenters. The van der Waals surface area contributed by atoms with E-state index in [1.807, 2.05) is 6.07 Å². The van der Waals surface area contributed by atoms with E-state index in [1.54, 1.807) is 48.5 Å². The second-order valence-electron chi connectivity index (χ2n) is 5.77. The Bertz CT molecular complexity index is 821. The van der Waals surface area contributed by atoms with Crippen LogP contribution in [0.1, 0.15) is 23.2 Å². The van der Waals surface area contributed by atoms with E-state index in [9.17, 15) is 9.59 Å². The Morgan fingerprint density at radius 3 is 2.52 bits per heavy atom. The Morgan fingerprint density at radius 2 is 1.84 bits per heavy atom. The van der Waals surface area contributed by atoms with Crippen LogP contribution >= 0.6 is 0 Å². The molecule has 126 valence electrons. The molecule has 0 atom stereocenters. The fourth-order valence-electron chi connectivity index (χ4n) is 2.28. The maximum Gasteiger partial charge on any atom is 0.255 e. The van der Waals surface area contributed by atoms with E-state index in [0.717, 1.165) is 12.8 Å². The highest BCUT2D eigenvalue weighted by atomic mass is 16.5. The second kappa shape index (κ2) is 7.49. The lowest BCUT2D eigenvalue weighted by molar-refractivity contribution is -0.117. The Hall–Kier alpha value is -3.33. The van der Waals surface area contributed by atoms with Crippen LogP contribution in [0.2, 0.25) is 0 Å². The first kappa shape index (κ1) is 16.5. The van der Waals surface area contributed by atoms with Crippen molar-refractivity contribution in [3.63, 3.8) is 0 Å². The van der Waals surface area contributed by atoms with Gasteiger partial charge in [-0.05, 0) is 55.3 Å². The number of anilines is 2. The lowest BCUT2D eigenvalue weighted by Gasteiger charge is -2.09. The third kappa shape index (κ3) is 4.58. The second-order valence-corrected chi connectivity index (χ2v) is 5.77. The Morgan fingerprint density at radius 1 is 1.08 bits per heavy atom. The summed E-state index contributed by atoms with van der Waals surface area (Å²) in [7, 11) is 0. The van der Waals surface area contributed by atoms with E-state index in [2.05, 4.69) is 10.6 Å². The first-order chi connectivity index (χ1) is 12.2. The molecule has 1 saturated carbocycles. The molecule has 2 aromatic rings. The van der Waals surface area contributed by atoms with Crippen molar-refractivity contribution in [1.29, 1.82) is 5.26 Å². The van der Waals surface area contributed by atoms with Gasteiger partial charge in [-0.1, -0.05) is 6.07 Å². The van der Waals surface area contributed by atoms with Crippen LogP contribution in [0.3, 0.4) is 0 Å². The molecule has 0 spiro atoms. The summed E-state index contributed by atoms with van der Waals surface area (Å²) in [4.78, 5) is 24.2. The minimum atomic E-state index is -0.270. The van der Waals surface area contributed by atoms with Gasteiger partial charge in [0.25, 0.3) is 5.91 Å². The number of carbonyl (C=O) groups excluding carboxylic acids is 2. The Labute approximate surface area is 145 Å². The molecule has 6 heteroatoms. The molecule has 2 N–H and O–H groups in total. The lowest BCUT2D eigenvalue weighted by atomic mass is 10.1. The average Bonchev–Trinajstić information content (AvgIpc) is 3.46. The standard InChI is InChI=1S/C19H17N3O3/c20-10-11-25-17-8-6-15(7-9-17)21-19(24)14-2-1-3-16(12-14)22-18(23)13-4-5-13/h1-3,6-9,12-13H,4-5,11H2,(H,21,24)(H,22,23). The molecule has 6 nitrogen and oxygen atoms in total. The Kier molecular flexibility index (Phi) is 4.95. The van der Waals surface area contributed by atoms with Crippen molar-refractivity contribution in [2.24, 2.45) is 5.92 Å². The summed E-state index contributed by atoms with van der Waals surface area (Å²) < 4.78 is 5.16. The number of rotatable bonds is 6. The van der Waals surface area contributed by atoms with Gasteiger partial charge in [0.1, 0.15) is 11.8 Å². The highest BCUT2D eigenvalue weighted by molar-refractivity contribution is 6.05. The number of nitriles is 1. The predicted molar refractivity (Wildman–Crippen MR) is 93.3 cm³/mol. The number of hydrogen-bond donors (Lipinski definition) is 2. The number of nitrogens with zero attached hydrogens (tertiary/aromatic N) is 1. The quantitative estimate of drug-likeness (QED) is 0.848. The van der Waals surface area contributed by atoms with Crippen LogP contribution in [0.5, 0.6) is 5.75 Å². The minimum absolute atomic E-state index is 0.00511. The van der Waals surface area contributed by atoms with Gasteiger partial charge in [-0.3, -0.25) is 9.59 Å². The van der Waals surface area contributed by atoms with Crippen LogP contribution in [0.15, 0.2) is 48.5 Å². The van der Waals surface area contributed by atoms with Crippen molar-refractivity contribution < 1.29 is 14.3 Å². The number of ether oxygens (including phenoxy) is 1. The van der Waals surface area contributed by atoms with Gasteiger partial charge in [0, 0.05) is 22.9 Å². The van der Waals surface area contributed by atoms with Crippen molar-refractivity contribution in [3.8, 4) is 11.8 Å². The van der Waals surface area contributed by atoms with Crippen molar-refractivity contribution in [2.45, 2.75) is 12.8 Å². The molecule has 0 bridgehead atoms. The van der Waals surface area contributed by atoms with Crippen molar-refractivity contribution in [2.75, 3.05) is 17.2 Å². The van der Waals surface area contributed by atoms with Crippen LogP contribution in [-0.2, 0) is 4.79 Å². The third-order valence-electron chi connectivity index (χ3n) is 3.76. The van der Waals surface area contributed by atoms with Crippen LogP contribution < -0.4 is 15.4 Å². The normalized spacial score (nSPS) is 12.8. The van der Waals surface area contributed by atoms with E-state index in [0.29, 0.717) is 22.7 Å². The summed E-state index contributed by atoms with van der Waals surface area (Å²) in [5, 5.41) is 14.1. The number of benzene rings is 2. The fraction of sp³-hybridized carbons (Fsp3) is 0.211. The van der Waals surface area contributed by atoms with Crippen molar-refractivity contribution in [3.05, 3.63) is 54.1 Å².